The van der Waals surface area contributed by atoms with Gasteiger partial charge in [-0.2, -0.15) is 13.2 Å². The average Bonchev–Trinajstić information content (AvgIpc) is 3.27. The molecule has 2 aliphatic rings. The zero-order valence-corrected chi connectivity index (χ0v) is 11.8. The Morgan fingerprint density at radius 1 is 1.00 bits per heavy atom. The summed E-state index contributed by atoms with van der Waals surface area (Å²) >= 11 is 0. The normalized spacial score (nSPS) is 32.7. The van der Waals surface area contributed by atoms with E-state index in [1.165, 1.54) is 0 Å². The molecule has 21 heavy (non-hydrogen) atoms. The topological polar surface area (TPSA) is 17.1 Å². The molecule has 0 N–H and O–H groups in total. The van der Waals surface area contributed by atoms with E-state index >= 15 is 0 Å². The number of hydrogen-bond donors (Lipinski definition) is 0. The lowest BCUT2D eigenvalue weighted by molar-refractivity contribution is -0.198. The maximum Gasteiger partial charge on any atom is 0.392 e. The second kappa shape index (κ2) is 5.47. The lowest BCUT2D eigenvalue weighted by Gasteiger charge is -2.32. The first kappa shape index (κ1) is 14.6. The minimum Gasteiger partial charge on any atom is -0.299 e. The van der Waals surface area contributed by atoms with Crippen molar-refractivity contribution in [3.8, 4) is 0 Å². The van der Waals surface area contributed by atoms with Crippen LogP contribution in [-0.2, 0) is 4.79 Å². The molecule has 0 spiro atoms. The Labute approximate surface area is 122 Å². The molecule has 4 unspecified atom stereocenters. The van der Waals surface area contributed by atoms with Gasteiger partial charge >= 0.3 is 6.18 Å². The van der Waals surface area contributed by atoms with E-state index in [1.807, 2.05) is 30.3 Å². The van der Waals surface area contributed by atoms with Gasteiger partial charge < -0.3 is 0 Å². The predicted molar refractivity (Wildman–Crippen MR) is 73.8 cm³/mol. The number of rotatable bonds is 3. The molecule has 2 fully saturated rings. The molecule has 3 rings (SSSR count). The molecule has 4 atom stereocenters. The van der Waals surface area contributed by atoms with Crippen LogP contribution in [0.5, 0.6) is 0 Å². The van der Waals surface area contributed by atoms with Crippen LogP contribution in [0.4, 0.5) is 13.2 Å². The number of alkyl halides is 3. The standard InChI is InChI=1S/C17H19F3O/c18-17(19,20)15-9-5-4-8-12(15)16(21)14-10-13(14)11-6-2-1-3-7-11/h1-3,6-7,12-15H,4-5,8-10H2. The number of halogens is 3. The number of carbonyl (C=O) groups excluding carboxylic acids is 1. The molecule has 0 saturated heterocycles. The quantitative estimate of drug-likeness (QED) is 0.788. The molecule has 0 heterocycles. The van der Waals surface area contributed by atoms with E-state index in [1.54, 1.807) is 0 Å². The van der Waals surface area contributed by atoms with E-state index < -0.39 is 18.0 Å². The summed E-state index contributed by atoms with van der Waals surface area (Å²) in [4.78, 5) is 12.5. The van der Waals surface area contributed by atoms with Crippen LogP contribution in [0.3, 0.4) is 0 Å². The Bertz CT molecular complexity index is 509. The molecule has 4 heteroatoms. The van der Waals surface area contributed by atoms with Gasteiger partial charge in [-0.25, -0.2) is 0 Å². The van der Waals surface area contributed by atoms with Crippen LogP contribution in [0, 0.1) is 17.8 Å². The van der Waals surface area contributed by atoms with Gasteiger partial charge in [0.05, 0.1) is 5.92 Å². The van der Waals surface area contributed by atoms with Crippen molar-refractivity contribution >= 4 is 5.78 Å². The van der Waals surface area contributed by atoms with Crippen molar-refractivity contribution in [2.75, 3.05) is 0 Å². The monoisotopic (exact) mass is 296 g/mol. The summed E-state index contributed by atoms with van der Waals surface area (Å²) in [5.74, 6) is -2.44. The van der Waals surface area contributed by atoms with Gasteiger partial charge in [0.25, 0.3) is 0 Å². The van der Waals surface area contributed by atoms with Crippen LogP contribution < -0.4 is 0 Å². The van der Waals surface area contributed by atoms with Crippen LogP contribution in [0.15, 0.2) is 30.3 Å². The summed E-state index contributed by atoms with van der Waals surface area (Å²) in [7, 11) is 0. The highest BCUT2D eigenvalue weighted by atomic mass is 19.4. The summed E-state index contributed by atoms with van der Waals surface area (Å²) < 4.78 is 39.3. The molecule has 1 aromatic rings. The van der Waals surface area contributed by atoms with Crippen molar-refractivity contribution < 1.29 is 18.0 Å². The second-order valence-corrected chi connectivity index (χ2v) is 6.30. The summed E-state index contributed by atoms with van der Waals surface area (Å²) in [6.07, 6.45) is -1.68. The first-order valence-electron chi connectivity index (χ1n) is 7.64. The molecule has 1 aromatic carbocycles. The second-order valence-electron chi connectivity index (χ2n) is 6.30. The Kier molecular flexibility index (Phi) is 3.80. The van der Waals surface area contributed by atoms with Gasteiger partial charge in [0, 0.05) is 11.8 Å². The molecule has 114 valence electrons. The third-order valence-corrected chi connectivity index (χ3v) is 4.94. The zero-order chi connectivity index (χ0) is 15.0. The van der Waals surface area contributed by atoms with Crippen molar-refractivity contribution in [2.24, 2.45) is 17.8 Å². The van der Waals surface area contributed by atoms with Gasteiger partial charge in [-0.3, -0.25) is 4.79 Å². The van der Waals surface area contributed by atoms with Gasteiger partial charge in [0.2, 0.25) is 0 Å². The summed E-state index contributed by atoms with van der Waals surface area (Å²) in [6.45, 7) is 0. The van der Waals surface area contributed by atoms with Gasteiger partial charge in [-0.05, 0) is 30.7 Å². The van der Waals surface area contributed by atoms with E-state index in [9.17, 15) is 18.0 Å². The minimum atomic E-state index is -4.24. The SMILES string of the molecule is O=C(C1CC1c1ccccc1)C1CCCCC1C(F)(F)F. The minimum absolute atomic E-state index is 0.114. The molecule has 0 amide bonds. The van der Waals surface area contributed by atoms with E-state index in [2.05, 4.69) is 0 Å². The van der Waals surface area contributed by atoms with Gasteiger partial charge in [-0.1, -0.05) is 43.2 Å². The molecular formula is C17H19F3O. The van der Waals surface area contributed by atoms with Crippen LogP contribution in [0.1, 0.15) is 43.6 Å². The molecule has 2 aliphatic carbocycles. The third kappa shape index (κ3) is 2.99. The Balaban J connectivity index is 1.71. The Morgan fingerprint density at radius 2 is 1.67 bits per heavy atom. The van der Waals surface area contributed by atoms with Crippen molar-refractivity contribution in [2.45, 2.75) is 44.2 Å². The largest absolute Gasteiger partial charge is 0.392 e. The van der Waals surface area contributed by atoms with Crippen molar-refractivity contribution in [3.05, 3.63) is 35.9 Å². The van der Waals surface area contributed by atoms with Crippen LogP contribution >= 0.6 is 0 Å². The lowest BCUT2D eigenvalue weighted by atomic mass is 9.75. The van der Waals surface area contributed by atoms with Crippen LogP contribution in [-0.4, -0.2) is 12.0 Å². The smallest absolute Gasteiger partial charge is 0.299 e. The predicted octanol–water partition coefficient (Wildman–Crippen LogP) is 4.73. The summed E-state index contributed by atoms with van der Waals surface area (Å²) in [5, 5.41) is 0. The van der Waals surface area contributed by atoms with Gasteiger partial charge in [-0.15, -0.1) is 0 Å². The van der Waals surface area contributed by atoms with Crippen molar-refractivity contribution in [3.63, 3.8) is 0 Å². The van der Waals surface area contributed by atoms with Crippen molar-refractivity contribution in [1.82, 2.24) is 0 Å². The lowest BCUT2D eigenvalue weighted by Crippen LogP contribution is -2.38. The fourth-order valence-corrected chi connectivity index (χ4v) is 3.72. The van der Waals surface area contributed by atoms with Crippen molar-refractivity contribution in [1.29, 1.82) is 0 Å². The van der Waals surface area contributed by atoms with E-state index in [0.717, 1.165) is 12.0 Å². The third-order valence-electron chi connectivity index (χ3n) is 4.94. The average molecular weight is 296 g/mol. The van der Waals surface area contributed by atoms with Gasteiger partial charge in [0.15, 0.2) is 0 Å². The van der Waals surface area contributed by atoms with Crippen LogP contribution in [0.2, 0.25) is 0 Å². The summed E-state index contributed by atoms with van der Waals surface area (Å²) in [6, 6.07) is 9.65. The number of hydrogen-bond acceptors (Lipinski definition) is 1. The fraction of sp³-hybridized carbons (Fsp3) is 0.588. The van der Waals surface area contributed by atoms with E-state index in [0.29, 0.717) is 19.3 Å². The highest BCUT2D eigenvalue weighted by Crippen LogP contribution is 2.52. The maximum atomic E-state index is 13.1. The highest BCUT2D eigenvalue weighted by molar-refractivity contribution is 5.87. The number of benzene rings is 1. The molecule has 1 nitrogen and oxygen atoms in total. The molecular weight excluding hydrogens is 277 g/mol. The van der Waals surface area contributed by atoms with Gasteiger partial charge in [0.1, 0.15) is 5.78 Å². The molecule has 0 radical (unpaired) electrons. The van der Waals surface area contributed by atoms with Crippen LogP contribution in [0.25, 0.3) is 0 Å². The van der Waals surface area contributed by atoms with E-state index in [4.69, 9.17) is 0 Å². The first-order valence-corrected chi connectivity index (χ1v) is 7.64. The fourth-order valence-electron chi connectivity index (χ4n) is 3.72. The molecule has 0 bridgehead atoms. The Hall–Kier alpha value is -1.32. The first-order chi connectivity index (χ1) is 9.98. The number of carbonyl (C=O) groups is 1. The molecule has 0 aliphatic heterocycles. The Morgan fingerprint density at radius 3 is 2.33 bits per heavy atom. The maximum absolute atomic E-state index is 13.1. The summed E-state index contributed by atoms with van der Waals surface area (Å²) in [5.41, 5.74) is 1.08. The van der Waals surface area contributed by atoms with E-state index in [-0.39, 0.29) is 24.0 Å². The zero-order valence-electron chi connectivity index (χ0n) is 11.8. The molecule has 0 aromatic heterocycles. The highest BCUT2D eigenvalue weighted by Gasteiger charge is 2.53. The number of Topliss-reactive ketones (excluding diaryl/α,β-unsaturated/α-hetero) is 1. The number of ketones is 1. The molecule has 2 saturated carbocycles.